The maximum Gasteiger partial charge on any atom is 0.352 e. The third-order valence-corrected chi connectivity index (χ3v) is 2.99. The zero-order chi connectivity index (χ0) is 14.0. The molecule has 0 unspecified atom stereocenters. The number of carboxylic acid groups (broad SMARTS) is 1. The number of hydrogen-bond acceptors (Lipinski definition) is 3. The Labute approximate surface area is 113 Å². The third kappa shape index (κ3) is 2.74. The molecule has 2 aromatic rings. The van der Waals surface area contributed by atoms with E-state index in [2.05, 4.69) is 0 Å². The number of rotatable bonds is 4. The Balaban J connectivity index is 2.31. The number of hydrogen-bond donors (Lipinski definition) is 1. The van der Waals surface area contributed by atoms with Crippen molar-refractivity contribution in [1.29, 1.82) is 0 Å². The lowest BCUT2D eigenvalue weighted by atomic mass is 10.2. The van der Waals surface area contributed by atoms with E-state index in [-0.39, 0.29) is 22.9 Å². The smallest absolute Gasteiger partial charge is 0.352 e. The van der Waals surface area contributed by atoms with Crippen LogP contribution in [0, 0.1) is 10.1 Å². The molecule has 0 atom stereocenters. The molecule has 0 aliphatic rings. The summed E-state index contributed by atoms with van der Waals surface area (Å²) in [5.74, 6) is -1.04. The molecular formula is C12H9ClN2O4. The number of nitro groups is 1. The fourth-order valence-corrected chi connectivity index (χ4v) is 1.94. The van der Waals surface area contributed by atoms with Gasteiger partial charge in [0.05, 0.1) is 9.95 Å². The number of carboxylic acids is 1. The predicted octanol–water partition coefficient (Wildman–Crippen LogP) is 2.80. The van der Waals surface area contributed by atoms with Crippen LogP contribution in [0.25, 0.3) is 0 Å². The molecule has 0 saturated heterocycles. The largest absolute Gasteiger partial charge is 0.477 e. The maximum absolute atomic E-state index is 11.0. The van der Waals surface area contributed by atoms with Crippen LogP contribution in [0.4, 0.5) is 5.69 Å². The summed E-state index contributed by atoms with van der Waals surface area (Å²) in [4.78, 5) is 21.0. The quantitative estimate of drug-likeness (QED) is 0.689. The summed E-state index contributed by atoms with van der Waals surface area (Å²) in [6.07, 6.45) is 1.61. The van der Waals surface area contributed by atoms with Crippen LogP contribution in [0.5, 0.6) is 0 Å². The lowest BCUT2D eigenvalue weighted by molar-refractivity contribution is -0.384. The van der Waals surface area contributed by atoms with Gasteiger partial charge in [-0.05, 0) is 23.8 Å². The minimum atomic E-state index is -1.04. The molecule has 0 aliphatic carbocycles. The number of nitrogens with zero attached hydrogens (tertiary/aromatic N) is 2. The van der Waals surface area contributed by atoms with E-state index in [1.54, 1.807) is 12.3 Å². The van der Waals surface area contributed by atoms with Crippen molar-refractivity contribution in [3.8, 4) is 0 Å². The van der Waals surface area contributed by atoms with Gasteiger partial charge < -0.3 is 9.67 Å². The summed E-state index contributed by atoms with van der Waals surface area (Å²) in [5, 5.41) is 19.8. The standard InChI is InChI=1S/C12H9ClN2O4/c13-10-6-9(15(18)19)4-3-8(10)7-14-5-1-2-11(14)12(16)17/h1-6H,7H2,(H,16,17). The van der Waals surface area contributed by atoms with Gasteiger partial charge in [0.2, 0.25) is 0 Å². The summed E-state index contributed by atoms with van der Waals surface area (Å²) in [6, 6.07) is 7.20. The molecule has 0 amide bonds. The van der Waals surface area contributed by atoms with Crippen LogP contribution < -0.4 is 0 Å². The van der Waals surface area contributed by atoms with Crippen molar-refractivity contribution in [1.82, 2.24) is 4.57 Å². The van der Waals surface area contributed by atoms with Crippen molar-refractivity contribution in [2.24, 2.45) is 0 Å². The molecule has 1 aromatic carbocycles. The monoisotopic (exact) mass is 280 g/mol. The van der Waals surface area contributed by atoms with Crippen molar-refractivity contribution in [3.05, 3.63) is 62.9 Å². The van der Waals surface area contributed by atoms with E-state index in [1.807, 2.05) is 0 Å². The molecular weight excluding hydrogens is 272 g/mol. The minimum Gasteiger partial charge on any atom is -0.477 e. The molecule has 0 aliphatic heterocycles. The minimum absolute atomic E-state index is 0.0975. The van der Waals surface area contributed by atoms with Crippen molar-refractivity contribution in [2.75, 3.05) is 0 Å². The van der Waals surface area contributed by atoms with Gasteiger partial charge in [-0.15, -0.1) is 0 Å². The van der Waals surface area contributed by atoms with Gasteiger partial charge in [-0.25, -0.2) is 4.79 Å². The van der Waals surface area contributed by atoms with Gasteiger partial charge in [0, 0.05) is 24.9 Å². The van der Waals surface area contributed by atoms with E-state index < -0.39 is 10.9 Å². The van der Waals surface area contributed by atoms with Crippen LogP contribution in [-0.4, -0.2) is 20.6 Å². The Morgan fingerprint density at radius 2 is 2.16 bits per heavy atom. The number of non-ortho nitro benzene ring substituents is 1. The van der Waals surface area contributed by atoms with E-state index in [0.717, 1.165) is 0 Å². The molecule has 1 aromatic heterocycles. The highest BCUT2D eigenvalue weighted by atomic mass is 35.5. The average Bonchev–Trinajstić information content (AvgIpc) is 2.79. The summed E-state index contributed by atoms with van der Waals surface area (Å²) in [5.41, 5.74) is 0.653. The summed E-state index contributed by atoms with van der Waals surface area (Å²) in [7, 11) is 0. The summed E-state index contributed by atoms with van der Waals surface area (Å²) < 4.78 is 1.51. The lowest BCUT2D eigenvalue weighted by Crippen LogP contribution is -2.08. The van der Waals surface area contributed by atoms with Crippen LogP contribution in [0.1, 0.15) is 16.1 Å². The van der Waals surface area contributed by atoms with E-state index in [4.69, 9.17) is 16.7 Å². The molecule has 2 rings (SSSR count). The fourth-order valence-electron chi connectivity index (χ4n) is 1.71. The second-order valence-electron chi connectivity index (χ2n) is 3.86. The van der Waals surface area contributed by atoms with Gasteiger partial charge in [-0.2, -0.15) is 0 Å². The first-order valence-electron chi connectivity index (χ1n) is 5.30. The highest BCUT2D eigenvalue weighted by molar-refractivity contribution is 6.31. The van der Waals surface area contributed by atoms with Crippen molar-refractivity contribution in [3.63, 3.8) is 0 Å². The molecule has 0 fully saturated rings. The van der Waals surface area contributed by atoms with Crippen LogP contribution in [-0.2, 0) is 6.54 Å². The summed E-state index contributed by atoms with van der Waals surface area (Å²) in [6.45, 7) is 0.242. The Kier molecular flexibility index (Phi) is 3.52. The van der Waals surface area contributed by atoms with E-state index in [1.165, 1.54) is 28.8 Å². The maximum atomic E-state index is 11.0. The Morgan fingerprint density at radius 1 is 1.42 bits per heavy atom. The molecule has 0 radical (unpaired) electrons. The van der Waals surface area contributed by atoms with Gasteiger partial charge in [0.25, 0.3) is 5.69 Å². The fraction of sp³-hybridized carbons (Fsp3) is 0.0833. The molecule has 1 heterocycles. The highest BCUT2D eigenvalue weighted by Crippen LogP contribution is 2.23. The number of benzene rings is 1. The Bertz CT molecular complexity index is 651. The van der Waals surface area contributed by atoms with Crippen LogP contribution in [0.3, 0.4) is 0 Å². The molecule has 19 heavy (non-hydrogen) atoms. The first kappa shape index (κ1) is 13.1. The first-order valence-corrected chi connectivity index (χ1v) is 5.68. The average molecular weight is 281 g/mol. The molecule has 1 N–H and O–H groups in total. The summed E-state index contributed by atoms with van der Waals surface area (Å²) >= 11 is 5.96. The van der Waals surface area contributed by atoms with Gasteiger partial charge >= 0.3 is 5.97 Å². The first-order chi connectivity index (χ1) is 8.99. The third-order valence-electron chi connectivity index (χ3n) is 2.64. The zero-order valence-corrected chi connectivity index (χ0v) is 10.4. The van der Waals surface area contributed by atoms with Gasteiger partial charge in [0.1, 0.15) is 5.69 Å². The van der Waals surface area contributed by atoms with Crippen molar-refractivity contribution >= 4 is 23.3 Å². The highest BCUT2D eigenvalue weighted by Gasteiger charge is 2.13. The molecule has 0 spiro atoms. The number of aromatic carboxylic acids is 1. The van der Waals surface area contributed by atoms with E-state index in [0.29, 0.717) is 5.56 Å². The molecule has 0 saturated carbocycles. The second kappa shape index (κ2) is 5.11. The van der Waals surface area contributed by atoms with Crippen LogP contribution in [0.2, 0.25) is 5.02 Å². The van der Waals surface area contributed by atoms with E-state index in [9.17, 15) is 14.9 Å². The molecule has 0 bridgehead atoms. The SMILES string of the molecule is O=C(O)c1cccn1Cc1ccc([N+](=O)[O-])cc1Cl. The Morgan fingerprint density at radius 3 is 2.74 bits per heavy atom. The number of halogens is 1. The molecule has 98 valence electrons. The van der Waals surface area contributed by atoms with Crippen molar-refractivity contribution < 1.29 is 14.8 Å². The van der Waals surface area contributed by atoms with Crippen LogP contribution >= 0.6 is 11.6 Å². The van der Waals surface area contributed by atoms with Crippen LogP contribution in [0.15, 0.2) is 36.5 Å². The van der Waals surface area contributed by atoms with Gasteiger partial charge in [-0.3, -0.25) is 10.1 Å². The topological polar surface area (TPSA) is 85.4 Å². The predicted molar refractivity (Wildman–Crippen MR) is 68.6 cm³/mol. The number of carbonyl (C=O) groups is 1. The Hall–Kier alpha value is -2.34. The molecule has 7 heteroatoms. The second-order valence-corrected chi connectivity index (χ2v) is 4.27. The van der Waals surface area contributed by atoms with Crippen molar-refractivity contribution in [2.45, 2.75) is 6.54 Å². The normalized spacial score (nSPS) is 10.4. The van der Waals surface area contributed by atoms with Gasteiger partial charge in [0.15, 0.2) is 0 Å². The zero-order valence-electron chi connectivity index (χ0n) is 9.62. The number of aromatic nitrogens is 1. The molecule has 6 nitrogen and oxygen atoms in total. The van der Waals surface area contributed by atoms with E-state index >= 15 is 0 Å². The lowest BCUT2D eigenvalue weighted by Gasteiger charge is -2.08. The van der Waals surface area contributed by atoms with Gasteiger partial charge in [-0.1, -0.05) is 11.6 Å². The number of nitro benzene ring substituents is 1.